The van der Waals surface area contributed by atoms with Gasteiger partial charge in [0.15, 0.2) is 0 Å². The lowest BCUT2D eigenvalue weighted by molar-refractivity contribution is 0.577. The lowest BCUT2D eigenvalue weighted by atomic mass is 10.0. The molecule has 0 bridgehead atoms. The smallest absolute Gasteiger partial charge is 0.137 e. The van der Waals surface area contributed by atoms with E-state index >= 15 is 0 Å². The molecule has 0 radical (unpaired) electrons. The highest BCUT2D eigenvalue weighted by molar-refractivity contribution is 9.10. The van der Waals surface area contributed by atoms with Gasteiger partial charge in [0.25, 0.3) is 0 Å². The van der Waals surface area contributed by atoms with E-state index in [4.69, 9.17) is 0 Å². The average molecular weight is 337 g/mol. The Morgan fingerprint density at radius 2 is 2.10 bits per heavy atom. The van der Waals surface area contributed by atoms with Gasteiger partial charge in [-0.15, -0.1) is 0 Å². The van der Waals surface area contributed by atoms with Gasteiger partial charge in [0.05, 0.1) is 4.47 Å². The maximum atomic E-state index is 13.3. The monoisotopic (exact) mass is 336 g/mol. The quantitative estimate of drug-likeness (QED) is 0.890. The van der Waals surface area contributed by atoms with Gasteiger partial charge in [-0.05, 0) is 58.7 Å². The average Bonchev–Trinajstić information content (AvgIpc) is 2.48. The minimum absolute atomic E-state index is 0.117. The fourth-order valence-corrected chi connectivity index (χ4v) is 2.51. The van der Waals surface area contributed by atoms with Gasteiger partial charge in [-0.3, -0.25) is 4.98 Å². The van der Waals surface area contributed by atoms with Crippen LogP contribution in [0.15, 0.2) is 41.0 Å². The molecular weight excluding hydrogens is 319 g/mol. The molecule has 1 aromatic heterocycles. The van der Waals surface area contributed by atoms with E-state index in [9.17, 15) is 4.39 Å². The predicted octanol–water partition coefficient (Wildman–Crippen LogP) is 4.05. The molecule has 1 N–H and O–H groups in total. The van der Waals surface area contributed by atoms with E-state index in [1.807, 2.05) is 25.4 Å². The summed E-state index contributed by atoms with van der Waals surface area (Å²) in [7, 11) is 1.91. The number of pyridine rings is 1. The number of nitrogens with zero attached hydrogens (tertiary/aromatic N) is 1. The summed E-state index contributed by atoms with van der Waals surface area (Å²) in [4.78, 5) is 4.48. The zero-order valence-electron chi connectivity index (χ0n) is 11.7. The Bertz CT molecular complexity index is 569. The Morgan fingerprint density at radius 3 is 2.65 bits per heavy atom. The van der Waals surface area contributed by atoms with Crippen molar-refractivity contribution in [2.45, 2.75) is 25.8 Å². The summed E-state index contributed by atoms with van der Waals surface area (Å²) in [6.07, 6.45) is 3.69. The van der Waals surface area contributed by atoms with Crippen molar-refractivity contribution >= 4 is 15.9 Å². The van der Waals surface area contributed by atoms with Crippen molar-refractivity contribution in [3.05, 3.63) is 63.6 Å². The topological polar surface area (TPSA) is 24.9 Å². The van der Waals surface area contributed by atoms with Crippen LogP contribution in [0.1, 0.15) is 29.8 Å². The SMILES string of the molecule is CCc1ccc(CC(NC)c2ccc(F)c(Br)c2)nc1. The van der Waals surface area contributed by atoms with Crippen molar-refractivity contribution < 1.29 is 4.39 Å². The van der Waals surface area contributed by atoms with E-state index in [1.54, 1.807) is 0 Å². The number of rotatable bonds is 5. The number of hydrogen-bond acceptors (Lipinski definition) is 2. The lowest BCUT2D eigenvalue weighted by Gasteiger charge is -2.17. The third kappa shape index (κ3) is 3.64. The minimum atomic E-state index is -0.242. The highest BCUT2D eigenvalue weighted by Crippen LogP contribution is 2.23. The molecule has 1 unspecified atom stereocenters. The number of aromatic nitrogens is 1. The van der Waals surface area contributed by atoms with Crippen molar-refractivity contribution in [1.82, 2.24) is 10.3 Å². The van der Waals surface area contributed by atoms with Crippen LogP contribution in [-0.2, 0) is 12.8 Å². The number of nitrogens with one attached hydrogen (secondary N) is 1. The van der Waals surface area contributed by atoms with Crippen molar-refractivity contribution in [2.75, 3.05) is 7.05 Å². The van der Waals surface area contributed by atoms with Crippen LogP contribution in [0.25, 0.3) is 0 Å². The standard InChI is InChI=1S/C16H18BrFN2/c1-3-11-4-6-13(20-10-11)9-16(19-2)12-5-7-15(18)14(17)8-12/h4-8,10,16,19H,3,9H2,1-2H3. The molecule has 4 heteroatoms. The summed E-state index contributed by atoms with van der Waals surface area (Å²) >= 11 is 3.23. The van der Waals surface area contributed by atoms with Crippen molar-refractivity contribution in [3.8, 4) is 0 Å². The number of likely N-dealkylation sites (N-methyl/N-ethyl adjacent to an activating group) is 1. The molecule has 0 spiro atoms. The van der Waals surface area contributed by atoms with E-state index in [0.29, 0.717) is 4.47 Å². The van der Waals surface area contributed by atoms with Crippen molar-refractivity contribution in [3.63, 3.8) is 0 Å². The van der Waals surface area contributed by atoms with Crippen LogP contribution < -0.4 is 5.32 Å². The third-order valence-corrected chi connectivity index (χ3v) is 4.01. The molecule has 2 nitrogen and oxygen atoms in total. The molecule has 1 heterocycles. The van der Waals surface area contributed by atoms with Crippen LogP contribution in [-0.4, -0.2) is 12.0 Å². The molecule has 20 heavy (non-hydrogen) atoms. The Balaban J connectivity index is 2.16. The Labute approximate surface area is 127 Å². The van der Waals surface area contributed by atoms with E-state index < -0.39 is 0 Å². The number of halogens is 2. The summed E-state index contributed by atoms with van der Waals surface area (Å²) in [5.74, 6) is -0.242. The first-order valence-electron chi connectivity index (χ1n) is 6.70. The molecule has 0 aliphatic heterocycles. The zero-order valence-corrected chi connectivity index (χ0v) is 13.2. The van der Waals surface area contributed by atoms with E-state index in [0.717, 1.165) is 24.1 Å². The van der Waals surface area contributed by atoms with Crippen LogP contribution in [0.3, 0.4) is 0 Å². The second-order valence-corrected chi connectivity index (χ2v) is 5.58. The number of benzene rings is 1. The van der Waals surface area contributed by atoms with Gasteiger partial charge in [0.2, 0.25) is 0 Å². The number of aryl methyl sites for hydroxylation is 1. The zero-order chi connectivity index (χ0) is 14.5. The van der Waals surface area contributed by atoms with E-state index in [2.05, 4.69) is 45.3 Å². The largest absolute Gasteiger partial charge is 0.313 e. The van der Waals surface area contributed by atoms with Crippen LogP contribution in [0, 0.1) is 5.82 Å². The molecule has 0 saturated carbocycles. The fourth-order valence-electron chi connectivity index (χ4n) is 2.11. The van der Waals surface area contributed by atoms with Crippen molar-refractivity contribution in [2.24, 2.45) is 0 Å². The van der Waals surface area contributed by atoms with Crippen molar-refractivity contribution in [1.29, 1.82) is 0 Å². The maximum absolute atomic E-state index is 13.3. The van der Waals surface area contributed by atoms with Crippen LogP contribution >= 0.6 is 15.9 Å². The van der Waals surface area contributed by atoms with Crippen LogP contribution in [0.5, 0.6) is 0 Å². The van der Waals surface area contributed by atoms with Gasteiger partial charge >= 0.3 is 0 Å². The van der Waals surface area contributed by atoms with Crippen LogP contribution in [0.2, 0.25) is 0 Å². The predicted molar refractivity (Wildman–Crippen MR) is 83.2 cm³/mol. The highest BCUT2D eigenvalue weighted by Gasteiger charge is 2.12. The second kappa shape index (κ2) is 6.95. The molecule has 0 fully saturated rings. The first-order chi connectivity index (χ1) is 9.63. The lowest BCUT2D eigenvalue weighted by Crippen LogP contribution is -2.19. The molecule has 0 aliphatic rings. The Morgan fingerprint density at radius 1 is 1.30 bits per heavy atom. The number of hydrogen-bond donors (Lipinski definition) is 1. The molecular formula is C16H18BrFN2. The Hall–Kier alpha value is -1.26. The van der Waals surface area contributed by atoms with Crippen LogP contribution in [0.4, 0.5) is 4.39 Å². The molecule has 0 amide bonds. The van der Waals surface area contributed by atoms with Gasteiger partial charge in [-0.2, -0.15) is 0 Å². The Kier molecular flexibility index (Phi) is 5.26. The molecule has 2 aromatic rings. The normalized spacial score (nSPS) is 12.4. The summed E-state index contributed by atoms with van der Waals surface area (Å²) in [6.45, 7) is 2.11. The first-order valence-corrected chi connectivity index (χ1v) is 7.49. The molecule has 0 saturated heterocycles. The third-order valence-electron chi connectivity index (χ3n) is 3.40. The van der Waals surface area contributed by atoms with E-state index in [-0.39, 0.29) is 11.9 Å². The molecule has 1 aromatic carbocycles. The summed E-state index contributed by atoms with van der Waals surface area (Å²) in [5, 5.41) is 3.26. The minimum Gasteiger partial charge on any atom is -0.313 e. The molecule has 0 aliphatic carbocycles. The van der Waals surface area contributed by atoms with Gasteiger partial charge in [0.1, 0.15) is 5.82 Å². The molecule has 1 atom stereocenters. The van der Waals surface area contributed by atoms with Gasteiger partial charge in [0, 0.05) is 24.4 Å². The molecule has 106 valence electrons. The van der Waals surface area contributed by atoms with Gasteiger partial charge in [-0.1, -0.05) is 19.1 Å². The maximum Gasteiger partial charge on any atom is 0.137 e. The second-order valence-electron chi connectivity index (χ2n) is 4.73. The summed E-state index contributed by atoms with van der Waals surface area (Å²) in [5.41, 5.74) is 3.31. The van der Waals surface area contributed by atoms with Gasteiger partial charge in [-0.25, -0.2) is 4.39 Å². The molecule has 2 rings (SSSR count). The summed E-state index contributed by atoms with van der Waals surface area (Å²) in [6, 6.07) is 9.39. The summed E-state index contributed by atoms with van der Waals surface area (Å²) < 4.78 is 13.8. The fraction of sp³-hybridized carbons (Fsp3) is 0.312. The van der Waals surface area contributed by atoms with Gasteiger partial charge < -0.3 is 5.32 Å². The van der Waals surface area contributed by atoms with E-state index in [1.165, 1.54) is 11.6 Å². The highest BCUT2D eigenvalue weighted by atomic mass is 79.9. The first kappa shape index (κ1) is 15.1.